The molecule has 92 valence electrons. The lowest BCUT2D eigenvalue weighted by Gasteiger charge is -2.01. The number of nitrogens with zero attached hydrogens (tertiary/aromatic N) is 1. The Morgan fingerprint density at radius 3 is 2.72 bits per heavy atom. The van der Waals surface area contributed by atoms with E-state index in [0.29, 0.717) is 5.56 Å². The second-order valence-corrected chi connectivity index (χ2v) is 4.53. The van der Waals surface area contributed by atoms with E-state index in [1.165, 1.54) is 13.2 Å². The molecular formula is C12H9NO4S. The summed E-state index contributed by atoms with van der Waals surface area (Å²) in [5, 5.41) is 10.7. The lowest BCUT2D eigenvalue weighted by Crippen LogP contribution is -2.00. The van der Waals surface area contributed by atoms with Gasteiger partial charge in [0.25, 0.3) is 0 Å². The summed E-state index contributed by atoms with van der Waals surface area (Å²) in [5.74, 6) is -0.428. The SMILES string of the molecule is COC(=O)c1cccc(-c2ccc([N+](=O)[O-])s2)c1. The van der Waals surface area contributed by atoms with Crippen LogP contribution in [0.3, 0.4) is 0 Å². The third-order valence-electron chi connectivity index (χ3n) is 2.34. The van der Waals surface area contributed by atoms with Crippen LogP contribution in [0.25, 0.3) is 10.4 Å². The Bertz CT molecular complexity index is 606. The number of hydrogen-bond donors (Lipinski definition) is 0. The van der Waals surface area contributed by atoms with Crippen LogP contribution in [0.2, 0.25) is 0 Å². The summed E-state index contributed by atoms with van der Waals surface area (Å²) in [5.41, 5.74) is 1.18. The van der Waals surface area contributed by atoms with E-state index in [0.717, 1.165) is 21.8 Å². The van der Waals surface area contributed by atoms with Crippen molar-refractivity contribution in [3.05, 3.63) is 52.1 Å². The highest BCUT2D eigenvalue weighted by Crippen LogP contribution is 2.32. The van der Waals surface area contributed by atoms with Crippen molar-refractivity contribution in [2.75, 3.05) is 7.11 Å². The monoisotopic (exact) mass is 263 g/mol. The lowest BCUT2D eigenvalue weighted by atomic mass is 10.1. The Labute approximate surface area is 107 Å². The maximum Gasteiger partial charge on any atom is 0.337 e. The Hall–Kier alpha value is -2.21. The van der Waals surface area contributed by atoms with Gasteiger partial charge in [0.2, 0.25) is 0 Å². The van der Waals surface area contributed by atoms with Gasteiger partial charge in [0.15, 0.2) is 0 Å². The lowest BCUT2D eigenvalue weighted by molar-refractivity contribution is -0.380. The van der Waals surface area contributed by atoms with Crippen LogP contribution in [0, 0.1) is 10.1 Å². The van der Waals surface area contributed by atoms with Gasteiger partial charge in [-0.3, -0.25) is 10.1 Å². The maximum absolute atomic E-state index is 11.4. The minimum Gasteiger partial charge on any atom is -0.465 e. The van der Waals surface area contributed by atoms with E-state index in [1.807, 2.05) is 0 Å². The summed E-state index contributed by atoms with van der Waals surface area (Å²) in [4.78, 5) is 22.3. The van der Waals surface area contributed by atoms with E-state index < -0.39 is 10.9 Å². The molecule has 18 heavy (non-hydrogen) atoms. The molecule has 0 aliphatic rings. The van der Waals surface area contributed by atoms with Gasteiger partial charge in [0, 0.05) is 10.9 Å². The molecule has 0 bridgehead atoms. The van der Waals surface area contributed by atoms with Gasteiger partial charge < -0.3 is 4.74 Å². The van der Waals surface area contributed by atoms with Crippen LogP contribution in [-0.4, -0.2) is 18.0 Å². The molecular weight excluding hydrogens is 254 g/mol. The predicted octanol–water partition coefficient (Wildman–Crippen LogP) is 3.11. The molecule has 0 saturated heterocycles. The van der Waals surface area contributed by atoms with Crippen molar-refractivity contribution in [3.63, 3.8) is 0 Å². The molecule has 2 aromatic rings. The van der Waals surface area contributed by atoms with Gasteiger partial charge in [-0.25, -0.2) is 4.79 Å². The van der Waals surface area contributed by atoms with E-state index in [1.54, 1.807) is 30.3 Å². The van der Waals surface area contributed by atoms with Crippen LogP contribution in [0.1, 0.15) is 10.4 Å². The smallest absolute Gasteiger partial charge is 0.337 e. The molecule has 0 spiro atoms. The van der Waals surface area contributed by atoms with Crippen molar-refractivity contribution < 1.29 is 14.5 Å². The second-order valence-electron chi connectivity index (χ2n) is 3.47. The zero-order valence-electron chi connectivity index (χ0n) is 9.45. The highest BCUT2D eigenvalue weighted by molar-refractivity contribution is 7.18. The second kappa shape index (κ2) is 4.97. The fourth-order valence-corrected chi connectivity index (χ4v) is 2.32. The van der Waals surface area contributed by atoms with Crippen LogP contribution in [-0.2, 0) is 4.74 Å². The largest absolute Gasteiger partial charge is 0.465 e. The zero-order chi connectivity index (χ0) is 13.1. The van der Waals surface area contributed by atoms with Crippen LogP contribution >= 0.6 is 11.3 Å². The number of ether oxygens (including phenoxy) is 1. The number of carbonyl (C=O) groups is 1. The number of carbonyl (C=O) groups excluding carboxylic acids is 1. The van der Waals surface area contributed by atoms with E-state index in [-0.39, 0.29) is 5.00 Å². The predicted molar refractivity (Wildman–Crippen MR) is 67.7 cm³/mol. The molecule has 0 radical (unpaired) electrons. The van der Waals surface area contributed by atoms with Crippen LogP contribution in [0.4, 0.5) is 5.00 Å². The van der Waals surface area contributed by atoms with E-state index in [4.69, 9.17) is 0 Å². The van der Waals surface area contributed by atoms with Crippen molar-refractivity contribution in [2.24, 2.45) is 0 Å². The molecule has 5 nitrogen and oxygen atoms in total. The van der Waals surface area contributed by atoms with Crippen molar-refractivity contribution in [2.45, 2.75) is 0 Å². The first-order valence-electron chi connectivity index (χ1n) is 5.05. The Balaban J connectivity index is 2.38. The molecule has 0 atom stereocenters. The zero-order valence-corrected chi connectivity index (χ0v) is 10.3. The van der Waals surface area contributed by atoms with Crippen molar-refractivity contribution in [1.82, 2.24) is 0 Å². The van der Waals surface area contributed by atoms with Gasteiger partial charge in [-0.2, -0.15) is 0 Å². The summed E-state index contributed by atoms with van der Waals surface area (Å²) in [6.07, 6.45) is 0. The number of benzene rings is 1. The number of nitro groups is 1. The summed E-state index contributed by atoms with van der Waals surface area (Å²) >= 11 is 1.07. The number of rotatable bonds is 3. The topological polar surface area (TPSA) is 69.4 Å². The molecule has 0 aliphatic heterocycles. The van der Waals surface area contributed by atoms with Gasteiger partial charge in [0.1, 0.15) is 0 Å². The molecule has 6 heteroatoms. The number of esters is 1. The van der Waals surface area contributed by atoms with Gasteiger partial charge in [-0.05, 0) is 23.8 Å². The fraction of sp³-hybridized carbons (Fsp3) is 0.0833. The number of hydrogen-bond acceptors (Lipinski definition) is 5. The molecule has 0 fully saturated rings. The molecule has 0 amide bonds. The van der Waals surface area contributed by atoms with Gasteiger partial charge in [-0.1, -0.05) is 23.5 Å². The van der Waals surface area contributed by atoms with Crippen molar-refractivity contribution in [3.8, 4) is 10.4 Å². The van der Waals surface area contributed by atoms with Gasteiger partial charge in [-0.15, -0.1) is 0 Å². The van der Waals surface area contributed by atoms with E-state index in [2.05, 4.69) is 4.74 Å². The molecule has 0 unspecified atom stereocenters. The molecule has 1 heterocycles. The molecule has 1 aromatic heterocycles. The quantitative estimate of drug-likeness (QED) is 0.484. The first-order chi connectivity index (χ1) is 8.61. The van der Waals surface area contributed by atoms with Crippen molar-refractivity contribution in [1.29, 1.82) is 0 Å². The first kappa shape index (κ1) is 12.3. The molecule has 1 aromatic carbocycles. The highest BCUT2D eigenvalue weighted by Gasteiger charge is 2.12. The van der Waals surface area contributed by atoms with Gasteiger partial charge >= 0.3 is 11.0 Å². The highest BCUT2D eigenvalue weighted by atomic mass is 32.1. The summed E-state index contributed by atoms with van der Waals surface area (Å²) in [6.45, 7) is 0. The fourth-order valence-electron chi connectivity index (χ4n) is 1.50. The van der Waals surface area contributed by atoms with E-state index in [9.17, 15) is 14.9 Å². The van der Waals surface area contributed by atoms with Crippen LogP contribution in [0.5, 0.6) is 0 Å². The number of methoxy groups -OCH3 is 1. The summed E-state index contributed by atoms with van der Waals surface area (Å²) in [6, 6.07) is 9.91. The first-order valence-corrected chi connectivity index (χ1v) is 5.86. The Kier molecular flexibility index (Phi) is 3.38. The average molecular weight is 263 g/mol. The minimum atomic E-state index is -0.432. The molecule has 0 N–H and O–H groups in total. The third-order valence-corrected chi connectivity index (χ3v) is 3.43. The minimum absolute atomic E-state index is 0.0773. The summed E-state index contributed by atoms with van der Waals surface area (Å²) < 4.78 is 4.63. The van der Waals surface area contributed by atoms with Gasteiger partial charge in [0.05, 0.1) is 17.6 Å². The van der Waals surface area contributed by atoms with Crippen LogP contribution in [0.15, 0.2) is 36.4 Å². The molecule has 0 aliphatic carbocycles. The molecule has 0 saturated carbocycles. The maximum atomic E-state index is 11.4. The number of thiophene rings is 1. The average Bonchev–Trinajstić information content (AvgIpc) is 2.88. The van der Waals surface area contributed by atoms with Crippen LogP contribution < -0.4 is 0 Å². The third kappa shape index (κ3) is 2.38. The van der Waals surface area contributed by atoms with E-state index >= 15 is 0 Å². The Morgan fingerprint density at radius 1 is 1.33 bits per heavy atom. The summed E-state index contributed by atoms with van der Waals surface area (Å²) in [7, 11) is 1.31. The molecule has 2 rings (SSSR count). The van der Waals surface area contributed by atoms with Crippen molar-refractivity contribution >= 4 is 22.3 Å². The standard InChI is InChI=1S/C12H9NO4S/c1-17-12(14)9-4-2-3-8(7-9)10-5-6-11(18-10)13(15)16/h2-7H,1H3. The normalized spacial score (nSPS) is 10.1. The Morgan fingerprint density at radius 2 is 2.11 bits per heavy atom.